The Labute approximate surface area is 128 Å². The number of rotatable bonds is 2. The fourth-order valence-corrected chi connectivity index (χ4v) is 2.96. The van der Waals surface area contributed by atoms with Crippen molar-refractivity contribution in [2.45, 2.75) is 0 Å². The molecule has 1 aromatic heterocycles. The average Bonchev–Trinajstić information content (AvgIpc) is 2.62. The number of anilines is 2. The van der Waals surface area contributed by atoms with Gasteiger partial charge in [0.05, 0.1) is 21.4 Å². The van der Waals surface area contributed by atoms with Gasteiger partial charge in [-0.15, -0.1) is 0 Å². The Hall–Kier alpha value is -1.17. The van der Waals surface area contributed by atoms with Crippen molar-refractivity contribution in [1.29, 1.82) is 0 Å². The van der Waals surface area contributed by atoms with E-state index in [1.807, 2.05) is 0 Å². The van der Waals surface area contributed by atoms with Crippen LogP contribution in [-0.4, -0.2) is 10.5 Å². The number of nitrogens with one attached hydrogen (secondary N) is 1. The first kappa shape index (κ1) is 14.2. The van der Waals surface area contributed by atoms with Gasteiger partial charge in [0.2, 0.25) is 0 Å². The van der Waals surface area contributed by atoms with E-state index in [1.54, 1.807) is 36.0 Å². The molecule has 3 N–H and O–H groups in total. The molecule has 0 atom stereocenters. The first-order valence-electron chi connectivity index (χ1n) is 5.26. The molecule has 0 bridgehead atoms. The summed E-state index contributed by atoms with van der Waals surface area (Å²) in [5, 5.41) is 3.39. The van der Waals surface area contributed by atoms with Crippen LogP contribution in [0, 0.1) is 0 Å². The number of aromatic nitrogens is 1. The number of hydrogen-bond acceptors (Lipinski definition) is 2. The number of nitrogen functional groups attached to an aromatic ring is 1. The number of nitrogens with two attached hydrogens (primary N) is 1. The van der Waals surface area contributed by atoms with Gasteiger partial charge in [0.1, 0.15) is 5.69 Å². The summed E-state index contributed by atoms with van der Waals surface area (Å²) in [4.78, 5) is 12.1. The van der Waals surface area contributed by atoms with E-state index < -0.39 is 0 Å². The highest BCUT2D eigenvalue weighted by atomic mass is 79.9. The van der Waals surface area contributed by atoms with Crippen molar-refractivity contribution in [3.63, 3.8) is 0 Å². The van der Waals surface area contributed by atoms with Gasteiger partial charge in [-0.3, -0.25) is 4.79 Å². The minimum Gasteiger partial charge on any atom is -0.397 e. The zero-order valence-electron chi connectivity index (χ0n) is 9.88. The molecule has 0 radical (unpaired) electrons. The summed E-state index contributed by atoms with van der Waals surface area (Å²) < 4.78 is 2.37. The summed E-state index contributed by atoms with van der Waals surface area (Å²) in [5.41, 5.74) is 6.94. The minimum absolute atomic E-state index is 0.328. The Morgan fingerprint density at radius 2 is 1.89 bits per heavy atom. The Bertz CT molecular complexity index is 631. The third-order valence-corrected chi connectivity index (χ3v) is 3.56. The second kappa shape index (κ2) is 5.45. The molecular formula is C12H10BrCl2N3O. The molecule has 0 aliphatic heterocycles. The molecule has 0 unspecified atom stereocenters. The van der Waals surface area contributed by atoms with Crippen LogP contribution in [0.1, 0.15) is 10.5 Å². The molecule has 100 valence electrons. The predicted molar refractivity (Wildman–Crippen MR) is 81.9 cm³/mol. The lowest BCUT2D eigenvalue weighted by Crippen LogP contribution is -2.15. The number of nitrogens with zero attached hydrogens (tertiary/aromatic N) is 1. The smallest absolute Gasteiger partial charge is 0.272 e. The van der Waals surface area contributed by atoms with Gasteiger partial charge in [-0.1, -0.05) is 39.1 Å². The molecule has 1 heterocycles. The van der Waals surface area contributed by atoms with Crippen molar-refractivity contribution in [3.8, 4) is 0 Å². The molecule has 0 aliphatic rings. The van der Waals surface area contributed by atoms with Crippen molar-refractivity contribution in [2.24, 2.45) is 7.05 Å². The Balaban J connectivity index is 2.32. The maximum Gasteiger partial charge on any atom is 0.272 e. The molecule has 0 fully saturated rings. The summed E-state index contributed by atoms with van der Waals surface area (Å²) in [5.74, 6) is -0.328. The molecule has 1 aromatic carbocycles. The van der Waals surface area contributed by atoms with Gasteiger partial charge in [0, 0.05) is 17.7 Å². The molecule has 19 heavy (non-hydrogen) atoms. The first-order valence-corrected chi connectivity index (χ1v) is 6.81. The molecule has 0 aliphatic carbocycles. The van der Waals surface area contributed by atoms with Gasteiger partial charge in [-0.05, 0) is 18.2 Å². The second-order valence-corrected chi connectivity index (χ2v) is 5.70. The highest BCUT2D eigenvalue weighted by molar-refractivity contribution is 9.10. The summed E-state index contributed by atoms with van der Waals surface area (Å²) in [7, 11) is 1.73. The molecular weight excluding hydrogens is 353 g/mol. The predicted octanol–water partition coefficient (Wildman–Crippen LogP) is 3.93. The van der Waals surface area contributed by atoms with Crippen LogP contribution in [-0.2, 0) is 7.05 Å². The summed E-state index contributed by atoms with van der Waals surface area (Å²) in [6, 6.07) is 4.89. The maximum atomic E-state index is 12.1. The van der Waals surface area contributed by atoms with Crippen LogP contribution in [0.2, 0.25) is 10.0 Å². The number of amides is 1. The van der Waals surface area contributed by atoms with E-state index >= 15 is 0 Å². The lowest BCUT2D eigenvalue weighted by molar-refractivity contribution is 0.101. The molecule has 0 saturated carbocycles. The third kappa shape index (κ3) is 3.05. The van der Waals surface area contributed by atoms with E-state index in [9.17, 15) is 4.79 Å². The van der Waals surface area contributed by atoms with Crippen LogP contribution >= 0.6 is 39.1 Å². The van der Waals surface area contributed by atoms with E-state index in [2.05, 4.69) is 21.2 Å². The average molecular weight is 363 g/mol. The van der Waals surface area contributed by atoms with E-state index in [-0.39, 0.29) is 5.91 Å². The van der Waals surface area contributed by atoms with E-state index in [1.165, 1.54) is 0 Å². The number of carbonyl (C=O) groups excluding carboxylic acids is 1. The fourth-order valence-electron chi connectivity index (χ4n) is 1.66. The summed E-state index contributed by atoms with van der Waals surface area (Å²) in [6.45, 7) is 0. The highest BCUT2D eigenvalue weighted by Crippen LogP contribution is 2.34. The normalized spacial score (nSPS) is 10.5. The summed E-state index contributed by atoms with van der Waals surface area (Å²) in [6.07, 6.45) is 1.65. The van der Waals surface area contributed by atoms with Crippen LogP contribution in [0.25, 0.3) is 0 Å². The van der Waals surface area contributed by atoms with E-state index in [4.69, 9.17) is 28.9 Å². The Kier molecular flexibility index (Phi) is 4.08. The van der Waals surface area contributed by atoms with Crippen molar-refractivity contribution >= 4 is 56.4 Å². The molecule has 2 aromatic rings. The van der Waals surface area contributed by atoms with Crippen LogP contribution in [0.3, 0.4) is 0 Å². The van der Waals surface area contributed by atoms with Crippen molar-refractivity contribution in [3.05, 3.63) is 44.6 Å². The molecule has 4 nitrogen and oxygen atoms in total. The number of hydrogen-bond donors (Lipinski definition) is 2. The van der Waals surface area contributed by atoms with Crippen LogP contribution in [0.15, 0.2) is 28.9 Å². The van der Waals surface area contributed by atoms with Crippen LogP contribution < -0.4 is 11.1 Å². The number of halogens is 3. The largest absolute Gasteiger partial charge is 0.397 e. The number of aryl methyl sites for hydroxylation is 1. The fraction of sp³-hybridized carbons (Fsp3) is 0.0833. The molecule has 2 rings (SSSR count). The molecule has 0 spiro atoms. The lowest BCUT2D eigenvalue weighted by atomic mass is 10.3. The maximum absolute atomic E-state index is 12.1. The quantitative estimate of drug-likeness (QED) is 0.850. The SMILES string of the molecule is Cn1cc(N)cc1C(=O)Nc1c(Cl)cc(Br)cc1Cl. The Morgan fingerprint density at radius 1 is 1.32 bits per heavy atom. The minimum atomic E-state index is -0.328. The second-order valence-electron chi connectivity index (χ2n) is 3.97. The molecule has 7 heteroatoms. The van der Waals surface area contributed by atoms with Gasteiger partial charge in [0.15, 0.2) is 0 Å². The Morgan fingerprint density at radius 3 is 2.37 bits per heavy atom. The van der Waals surface area contributed by atoms with Gasteiger partial charge in [-0.25, -0.2) is 0 Å². The highest BCUT2D eigenvalue weighted by Gasteiger charge is 2.15. The van der Waals surface area contributed by atoms with Gasteiger partial charge in [-0.2, -0.15) is 0 Å². The third-order valence-electron chi connectivity index (χ3n) is 2.50. The zero-order valence-corrected chi connectivity index (χ0v) is 13.0. The molecule has 0 saturated heterocycles. The number of carbonyl (C=O) groups is 1. The number of benzene rings is 1. The van der Waals surface area contributed by atoms with E-state index in [0.29, 0.717) is 27.1 Å². The van der Waals surface area contributed by atoms with Crippen molar-refractivity contribution in [1.82, 2.24) is 4.57 Å². The first-order chi connectivity index (χ1) is 8.88. The molecule has 1 amide bonds. The van der Waals surface area contributed by atoms with Crippen molar-refractivity contribution in [2.75, 3.05) is 11.1 Å². The van der Waals surface area contributed by atoms with Crippen molar-refractivity contribution < 1.29 is 4.79 Å². The van der Waals surface area contributed by atoms with E-state index in [0.717, 1.165) is 4.47 Å². The topological polar surface area (TPSA) is 60.0 Å². The lowest BCUT2D eigenvalue weighted by Gasteiger charge is -2.10. The van der Waals surface area contributed by atoms with Gasteiger partial charge >= 0.3 is 0 Å². The van der Waals surface area contributed by atoms with Gasteiger partial charge in [0.25, 0.3) is 5.91 Å². The monoisotopic (exact) mass is 361 g/mol. The summed E-state index contributed by atoms with van der Waals surface area (Å²) >= 11 is 15.4. The van der Waals surface area contributed by atoms with Crippen LogP contribution in [0.5, 0.6) is 0 Å². The zero-order chi connectivity index (χ0) is 14.2. The van der Waals surface area contributed by atoms with Gasteiger partial charge < -0.3 is 15.6 Å². The van der Waals surface area contributed by atoms with Crippen LogP contribution in [0.4, 0.5) is 11.4 Å². The standard InChI is InChI=1S/C12H10BrCl2N3O/c1-18-5-7(16)4-10(18)12(19)17-11-8(14)2-6(13)3-9(11)15/h2-5H,16H2,1H3,(H,17,19).